The van der Waals surface area contributed by atoms with Gasteiger partial charge >= 0.3 is 0 Å². The number of amides is 1. The molecule has 1 aliphatic rings. The van der Waals surface area contributed by atoms with E-state index in [2.05, 4.69) is 17.0 Å². The molecular formula is C19H30N2O4S. The Morgan fingerprint density at radius 1 is 1.19 bits per heavy atom. The first kappa shape index (κ1) is 20.7. The van der Waals surface area contributed by atoms with Crippen molar-refractivity contribution in [3.05, 3.63) is 23.8 Å². The lowest BCUT2D eigenvalue weighted by atomic mass is 9.96. The van der Waals surface area contributed by atoms with Gasteiger partial charge in [-0.25, -0.2) is 13.1 Å². The van der Waals surface area contributed by atoms with Crippen LogP contribution in [0.5, 0.6) is 5.75 Å². The van der Waals surface area contributed by atoms with Crippen LogP contribution in [0.3, 0.4) is 0 Å². The second-order valence-corrected chi connectivity index (χ2v) is 8.47. The third kappa shape index (κ3) is 5.71. The summed E-state index contributed by atoms with van der Waals surface area (Å²) in [6.45, 7) is 2.68. The molecule has 0 spiro atoms. The first-order valence-electron chi connectivity index (χ1n) is 9.46. The molecule has 1 amide bonds. The molecule has 26 heavy (non-hydrogen) atoms. The Bertz CT molecular complexity index is 697. The molecule has 0 radical (unpaired) electrons. The third-order valence-electron chi connectivity index (χ3n) is 4.71. The van der Waals surface area contributed by atoms with Crippen LogP contribution in [0.15, 0.2) is 23.1 Å². The molecule has 1 fully saturated rings. The van der Waals surface area contributed by atoms with Gasteiger partial charge in [-0.15, -0.1) is 0 Å². The zero-order valence-electron chi connectivity index (χ0n) is 15.7. The Morgan fingerprint density at radius 2 is 1.92 bits per heavy atom. The van der Waals surface area contributed by atoms with E-state index in [9.17, 15) is 13.2 Å². The minimum Gasteiger partial charge on any atom is -0.495 e. The van der Waals surface area contributed by atoms with Gasteiger partial charge in [-0.2, -0.15) is 0 Å². The Kier molecular flexibility index (Phi) is 7.90. The molecule has 0 atom stereocenters. The Hall–Kier alpha value is -1.60. The Balaban J connectivity index is 2.16. The summed E-state index contributed by atoms with van der Waals surface area (Å²) >= 11 is 0. The number of hydrogen-bond donors (Lipinski definition) is 2. The highest BCUT2D eigenvalue weighted by Crippen LogP contribution is 2.27. The quantitative estimate of drug-likeness (QED) is 0.642. The summed E-state index contributed by atoms with van der Waals surface area (Å²) in [5.74, 6) is -0.0197. The maximum absolute atomic E-state index is 12.8. The number of rotatable bonds is 9. The zero-order valence-corrected chi connectivity index (χ0v) is 16.5. The van der Waals surface area contributed by atoms with Crippen molar-refractivity contribution < 1.29 is 17.9 Å². The maximum atomic E-state index is 12.8. The van der Waals surface area contributed by atoms with Crippen LogP contribution in [0.4, 0.5) is 0 Å². The molecule has 2 rings (SSSR count). The molecule has 6 nitrogen and oxygen atoms in total. The number of carbonyl (C=O) groups excluding carboxylic acids is 1. The second kappa shape index (κ2) is 9.92. The number of unbranched alkanes of at least 4 members (excludes halogenated alkanes) is 2. The van der Waals surface area contributed by atoms with Crippen molar-refractivity contribution in [3.63, 3.8) is 0 Å². The molecule has 0 heterocycles. The Morgan fingerprint density at radius 3 is 2.58 bits per heavy atom. The van der Waals surface area contributed by atoms with Gasteiger partial charge in [0.1, 0.15) is 10.6 Å². The van der Waals surface area contributed by atoms with E-state index in [0.717, 1.165) is 51.4 Å². The van der Waals surface area contributed by atoms with Gasteiger partial charge in [0.15, 0.2) is 0 Å². The number of methoxy groups -OCH3 is 1. The van der Waals surface area contributed by atoms with Gasteiger partial charge in [-0.3, -0.25) is 4.79 Å². The van der Waals surface area contributed by atoms with E-state index in [0.29, 0.717) is 12.1 Å². The van der Waals surface area contributed by atoms with Crippen molar-refractivity contribution in [1.29, 1.82) is 0 Å². The summed E-state index contributed by atoms with van der Waals surface area (Å²) in [5.41, 5.74) is 0.325. The fourth-order valence-corrected chi connectivity index (χ4v) is 4.71. The molecular weight excluding hydrogens is 352 g/mol. The van der Waals surface area contributed by atoms with Gasteiger partial charge in [-0.05, 0) is 37.5 Å². The first-order chi connectivity index (χ1) is 12.5. The minimum absolute atomic E-state index is 0.0202. The fraction of sp³-hybridized carbons (Fsp3) is 0.632. The summed E-state index contributed by atoms with van der Waals surface area (Å²) in [7, 11) is -2.31. The molecule has 1 aromatic rings. The minimum atomic E-state index is -3.74. The summed E-state index contributed by atoms with van der Waals surface area (Å²) < 4.78 is 33.7. The van der Waals surface area contributed by atoms with Crippen LogP contribution >= 0.6 is 0 Å². The van der Waals surface area contributed by atoms with E-state index in [1.54, 1.807) is 6.07 Å². The number of ether oxygens (including phenoxy) is 1. The topological polar surface area (TPSA) is 84.5 Å². The second-order valence-electron chi connectivity index (χ2n) is 6.78. The lowest BCUT2D eigenvalue weighted by Gasteiger charge is -2.23. The van der Waals surface area contributed by atoms with Crippen LogP contribution in [-0.4, -0.2) is 34.0 Å². The molecule has 0 bridgehead atoms. The highest BCUT2D eigenvalue weighted by atomic mass is 32.2. The van der Waals surface area contributed by atoms with Gasteiger partial charge in [0, 0.05) is 18.2 Å². The van der Waals surface area contributed by atoms with Crippen LogP contribution in [0.2, 0.25) is 0 Å². The van der Waals surface area contributed by atoms with Gasteiger partial charge in [0.05, 0.1) is 7.11 Å². The van der Waals surface area contributed by atoms with Gasteiger partial charge in [-0.1, -0.05) is 39.0 Å². The van der Waals surface area contributed by atoms with Crippen LogP contribution in [0.25, 0.3) is 0 Å². The number of hydrogen-bond acceptors (Lipinski definition) is 4. The summed E-state index contributed by atoms with van der Waals surface area (Å²) in [6.07, 6.45) is 7.94. The number of benzene rings is 1. The largest absolute Gasteiger partial charge is 0.495 e. The van der Waals surface area contributed by atoms with Crippen LogP contribution in [0.1, 0.15) is 68.6 Å². The number of sulfonamides is 1. The highest BCUT2D eigenvalue weighted by molar-refractivity contribution is 7.89. The molecule has 1 saturated carbocycles. The first-order valence-corrected chi connectivity index (χ1v) is 10.9. The lowest BCUT2D eigenvalue weighted by molar-refractivity contribution is 0.0952. The summed E-state index contributed by atoms with van der Waals surface area (Å²) in [5, 5.41) is 2.84. The molecule has 146 valence electrons. The van der Waals surface area contributed by atoms with Crippen molar-refractivity contribution >= 4 is 15.9 Å². The molecule has 0 saturated heterocycles. The third-order valence-corrected chi connectivity index (χ3v) is 6.25. The molecule has 0 aliphatic heterocycles. The number of nitrogens with one attached hydrogen (secondary N) is 2. The van der Waals surface area contributed by atoms with Crippen molar-refractivity contribution in [2.45, 2.75) is 69.2 Å². The Labute approximate surface area is 156 Å². The molecule has 7 heteroatoms. The van der Waals surface area contributed by atoms with Crippen molar-refractivity contribution in [2.75, 3.05) is 13.7 Å². The lowest BCUT2D eigenvalue weighted by Crippen LogP contribution is -2.36. The van der Waals surface area contributed by atoms with Gasteiger partial charge < -0.3 is 10.1 Å². The molecule has 1 aromatic carbocycles. The van der Waals surface area contributed by atoms with E-state index in [-0.39, 0.29) is 22.6 Å². The molecule has 2 N–H and O–H groups in total. The zero-order chi connectivity index (χ0) is 19.0. The SMILES string of the molecule is CCCCCNC(=O)c1ccc(OC)c(S(=O)(=O)NC2CCCCC2)c1. The predicted molar refractivity (Wildman–Crippen MR) is 102 cm³/mol. The van der Waals surface area contributed by atoms with Crippen molar-refractivity contribution in [3.8, 4) is 5.75 Å². The molecule has 0 unspecified atom stereocenters. The maximum Gasteiger partial charge on any atom is 0.251 e. The predicted octanol–water partition coefficient (Wildman–Crippen LogP) is 3.23. The fourth-order valence-electron chi connectivity index (χ4n) is 3.21. The van der Waals surface area contributed by atoms with Crippen molar-refractivity contribution in [1.82, 2.24) is 10.0 Å². The van der Waals surface area contributed by atoms with E-state index in [1.165, 1.54) is 19.2 Å². The number of carbonyl (C=O) groups is 1. The average Bonchev–Trinajstić information content (AvgIpc) is 2.65. The summed E-state index contributed by atoms with van der Waals surface area (Å²) in [6, 6.07) is 4.48. The highest BCUT2D eigenvalue weighted by Gasteiger charge is 2.25. The normalized spacial score (nSPS) is 15.6. The van der Waals surface area contributed by atoms with E-state index < -0.39 is 10.0 Å². The standard InChI is InChI=1S/C19H30N2O4S/c1-3-4-8-13-20-19(22)15-11-12-17(25-2)18(14-15)26(23,24)21-16-9-6-5-7-10-16/h11-12,14,16,21H,3-10,13H2,1-2H3,(H,20,22). The van der Waals surface area contributed by atoms with Crippen LogP contribution in [-0.2, 0) is 10.0 Å². The van der Waals surface area contributed by atoms with E-state index in [1.807, 2.05) is 0 Å². The van der Waals surface area contributed by atoms with Crippen molar-refractivity contribution in [2.24, 2.45) is 0 Å². The van der Waals surface area contributed by atoms with Gasteiger partial charge in [0.2, 0.25) is 10.0 Å². The average molecular weight is 383 g/mol. The molecule has 0 aromatic heterocycles. The molecule has 1 aliphatic carbocycles. The summed E-state index contributed by atoms with van der Waals surface area (Å²) in [4.78, 5) is 12.3. The smallest absolute Gasteiger partial charge is 0.251 e. The van der Waals surface area contributed by atoms with Crippen LogP contribution in [0, 0.1) is 0 Å². The van der Waals surface area contributed by atoms with Crippen LogP contribution < -0.4 is 14.8 Å². The van der Waals surface area contributed by atoms with E-state index >= 15 is 0 Å². The van der Waals surface area contributed by atoms with E-state index in [4.69, 9.17) is 4.74 Å². The van der Waals surface area contributed by atoms with Gasteiger partial charge in [0.25, 0.3) is 5.91 Å². The monoisotopic (exact) mass is 382 g/mol.